The molecule has 2 aromatic heterocycles. The Labute approximate surface area is 94.1 Å². The normalized spacial score (nSPS) is 10.9. The van der Waals surface area contributed by atoms with Gasteiger partial charge in [-0.3, -0.25) is 9.36 Å². The Bertz CT molecular complexity index is 444. The first-order chi connectivity index (χ1) is 7.78. The summed E-state index contributed by atoms with van der Waals surface area (Å²) in [6.07, 6.45) is 7.53. The summed E-state index contributed by atoms with van der Waals surface area (Å²) in [7, 11) is 1.91. The molecule has 86 valence electrons. The molecule has 2 N–H and O–H groups in total. The molecule has 0 aliphatic heterocycles. The highest BCUT2D eigenvalue weighted by molar-refractivity contribution is 5.03. The highest BCUT2D eigenvalue weighted by Crippen LogP contribution is 2.00. The van der Waals surface area contributed by atoms with Crippen LogP contribution in [0.25, 0.3) is 0 Å². The quantitative estimate of drug-likeness (QED) is 0.754. The molecular formula is C10H16N6. The van der Waals surface area contributed by atoms with Gasteiger partial charge < -0.3 is 5.73 Å². The Kier molecular flexibility index (Phi) is 3.31. The van der Waals surface area contributed by atoms with Crippen LogP contribution >= 0.6 is 0 Å². The van der Waals surface area contributed by atoms with Crippen molar-refractivity contribution in [3.63, 3.8) is 0 Å². The molecule has 0 radical (unpaired) electrons. The molecule has 2 heterocycles. The van der Waals surface area contributed by atoms with E-state index in [0.29, 0.717) is 6.54 Å². The number of nitrogens with two attached hydrogens (primary N) is 1. The summed E-state index contributed by atoms with van der Waals surface area (Å²) in [5.74, 6) is 0. The minimum Gasteiger partial charge on any atom is -0.330 e. The van der Waals surface area contributed by atoms with Crippen LogP contribution in [0.2, 0.25) is 0 Å². The molecule has 0 fully saturated rings. The Hall–Kier alpha value is -1.69. The van der Waals surface area contributed by atoms with Crippen LogP contribution in [0.15, 0.2) is 18.6 Å². The van der Waals surface area contributed by atoms with Gasteiger partial charge in [-0.15, -0.1) is 5.10 Å². The van der Waals surface area contributed by atoms with Crippen LogP contribution in [-0.2, 0) is 26.4 Å². The monoisotopic (exact) mass is 220 g/mol. The van der Waals surface area contributed by atoms with Crippen molar-refractivity contribution in [2.24, 2.45) is 12.8 Å². The first-order valence-corrected chi connectivity index (χ1v) is 5.34. The summed E-state index contributed by atoms with van der Waals surface area (Å²) < 4.78 is 3.65. The van der Waals surface area contributed by atoms with E-state index in [1.807, 2.05) is 30.3 Å². The summed E-state index contributed by atoms with van der Waals surface area (Å²) in [6.45, 7) is 1.44. The second-order valence-corrected chi connectivity index (χ2v) is 3.78. The van der Waals surface area contributed by atoms with Crippen molar-refractivity contribution in [2.75, 3.05) is 6.54 Å². The van der Waals surface area contributed by atoms with E-state index in [2.05, 4.69) is 15.4 Å². The van der Waals surface area contributed by atoms with Gasteiger partial charge in [0, 0.05) is 32.4 Å². The number of nitrogens with zero attached hydrogens (tertiary/aromatic N) is 5. The zero-order valence-corrected chi connectivity index (χ0v) is 9.37. The lowest BCUT2D eigenvalue weighted by Crippen LogP contribution is -2.03. The molecule has 2 aromatic rings. The van der Waals surface area contributed by atoms with Gasteiger partial charge in [-0.1, -0.05) is 5.21 Å². The van der Waals surface area contributed by atoms with E-state index < -0.39 is 0 Å². The molecule has 16 heavy (non-hydrogen) atoms. The van der Waals surface area contributed by atoms with Gasteiger partial charge in [0.05, 0.1) is 11.9 Å². The molecule has 0 bridgehead atoms. The summed E-state index contributed by atoms with van der Waals surface area (Å²) in [6, 6.07) is 0. The number of hydrogen-bond acceptors (Lipinski definition) is 4. The third-order valence-electron chi connectivity index (χ3n) is 2.37. The van der Waals surface area contributed by atoms with Gasteiger partial charge in [-0.25, -0.2) is 0 Å². The van der Waals surface area contributed by atoms with Gasteiger partial charge in [0.1, 0.15) is 0 Å². The zero-order chi connectivity index (χ0) is 11.4. The van der Waals surface area contributed by atoms with Gasteiger partial charge in [-0.05, 0) is 18.5 Å². The SMILES string of the molecule is Cn1cc(CCn2cc(CCN)nn2)cn1. The maximum atomic E-state index is 5.45. The van der Waals surface area contributed by atoms with Gasteiger partial charge in [-0.2, -0.15) is 5.10 Å². The summed E-state index contributed by atoms with van der Waals surface area (Å²) in [4.78, 5) is 0. The third-order valence-corrected chi connectivity index (χ3v) is 2.37. The van der Waals surface area contributed by atoms with Crippen LogP contribution < -0.4 is 5.73 Å². The number of hydrogen-bond donors (Lipinski definition) is 1. The molecule has 0 spiro atoms. The second kappa shape index (κ2) is 4.89. The Morgan fingerprint density at radius 1 is 1.31 bits per heavy atom. The predicted octanol–water partition coefficient (Wildman–Crippen LogP) is -0.244. The van der Waals surface area contributed by atoms with E-state index in [1.54, 1.807) is 4.68 Å². The maximum absolute atomic E-state index is 5.45. The molecule has 0 saturated carbocycles. The number of aryl methyl sites for hydroxylation is 3. The molecule has 0 amide bonds. The molecule has 2 rings (SSSR count). The fraction of sp³-hybridized carbons (Fsp3) is 0.500. The highest BCUT2D eigenvalue weighted by atomic mass is 15.4. The minimum atomic E-state index is 0.612. The van der Waals surface area contributed by atoms with Crippen molar-refractivity contribution in [1.82, 2.24) is 24.8 Å². The first kappa shape index (κ1) is 10.8. The largest absolute Gasteiger partial charge is 0.330 e. The Balaban J connectivity index is 1.89. The van der Waals surface area contributed by atoms with E-state index in [4.69, 9.17) is 5.73 Å². The van der Waals surface area contributed by atoms with E-state index >= 15 is 0 Å². The standard InChI is InChI=1S/C10H16N6/c1-15-7-9(6-12-15)3-5-16-8-10(2-4-11)13-14-16/h6-8H,2-5,11H2,1H3. The molecule has 0 saturated heterocycles. The molecule has 0 aliphatic rings. The number of aromatic nitrogens is 5. The fourth-order valence-corrected chi connectivity index (χ4v) is 1.55. The van der Waals surface area contributed by atoms with Crippen LogP contribution in [0.1, 0.15) is 11.3 Å². The van der Waals surface area contributed by atoms with Crippen LogP contribution in [0, 0.1) is 0 Å². The van der Waals surface area contributed by atoms with Crippen molar-refractivity contribution in [2.45, 2.75) is 19.4 Å². The molecule has 0 aliphatic carbocycles. The van der Waals surface area contributed by atoms with Crippen LogP contribution in [0.4, 0.5) is 0 Å². The number of rotatable bonds is 5. The van der Waals surface area contributed by atoms with Gasteiger partial charge in [0.15, 0.2) is 0 Å². The summed E-state index contributed by atoms with van der Waals surface area (Å²) >= 11 is 0. The molecule has 0 atom stereocenters. The lowest BCUT2D eigenvalue weighted by atomic mass is 10.2. The van der Waals surface area contributed by atoms with Crippen LogP contribution in [-0.4, -0.2) is 31.3 Å². The highest BCUT2D eigenvalue weighted by Gasteiger charge is 2.01. The summed E-state index contributed by atoms with van der Waals surface area (Å²) in [5.41, 5.74) is 7.61. The lowest BCUT2D eigenvalue weighted by molar-refractivity contribution is 0.589. The Morgan fingerprint density at radius 3 is 2.88 bits per heavy atom. The van der Waals surface area contributed by atoms with Gasteiger partial charge in [0.2, 0.25) is 0 Å². The molecule has 6 heteroatoms. The molecule has 0 unspecified atom stereocenters. The maximum Gasteiger partial charge on any atom is 0.0839 e. The predicted molar refractivity (Wildman–Crippen MR) is 59.7 cm³/mol. The van der Waals surface area contributed by atoms with Crippen molar-refractivity contribution in [3.8, 4) is 0 Å². The van der Waals surface area contributed by atoms with E-state index in [9.17, 15) is 0 Å². The zero-order valence-electron chi connectivity index (χ0n) is 9.37. The van der Waals surface area contributed by atoms with Crippen molar-refractivity contribution in [3.05, 3.63) is 29.8 Å². The first-order valence-electron chi connectivity index (χ1n) is 5.34. The van der Waals surface area contributed by atoms with Crippen molar-refractivity contribution < 1.29 is 0 Å². The molecule has 6 nitrogen and oxygen atoms in total. The van der Waals surface area contributed by atoms with Crippen LogP contribution in [0.5, 0.6) is 0 Å². The van der Waals surface area contributed by atoms with Gasteiger partial charge >= 0.3 is 0 Å². The van der Waals surface area contributed by atoms with E-state index in [1.165, 1.54) is 5.56 Å². The second-order valence-electron chi connectivity index (χ2n) is 3.78. The fourth-order valence-electron chi connectivity index (χ4n) is 1.55. The average molecular weight is 220 g/mol. The molecular weight excluding hydrogens is 204 g/mol. The van der Waals surface area contributed by atoms with E-state index in [0.717, 1.165) is 25.1 Å². The van der Waals surface area contributed by atoms with Gasteiger partial charge in [0.25, 0.3) is 0 Å². The van der Waals surface area contributed by atoms with Crippen molar-refractivity contribution in [1.29, 1.82) is 0 Å². The lowest BCUT2D eigenvalue weighted by Gasteiger charge is -1.96. The van der Waals surface area contributed by atoms with Crippen molar-refractivity contribution >= 4 is 0 Å². The smallest absolute Gasteiger partial charge is 0.0839 e. The topological polar surface area (TPSA) is 74.5 Å². The van der Waals surface area contributed by atoms with E-state index in [-0.39, 0.29) is 0 Å². The molecule has 0 aromatic carbocycles. The van der Waals surface area contributed by atoms with Crippen LogP contribution in [0.3, 0.4) is 0 Å². The average Bonchev–Trinajstić information content (AvgIpc) is 2.85. The minimum absolute atomic E-state index is 0.612. The summed E-state index contributed by atoms with van der Waals surface area (Å²) in [5, 5.41) is 12.2. The Morgan fingerprint density at radius 2 is 2.19 bits per heavy atom. The third kappa shape index (κ3) is 2.66.